The van der Waals surface area contributed by atoms with E-state index in [1.54, 1.807) is 12.1 Å². The van der Waals surface area contributed by atoms with Crippen LogP contribution in [0, 0.1) is 5.82 Å². The number of nitrogens with one attached hydrogen (secondary N) is 1. The topological polar surface area (TPSA) is 28.4 Å². The van der Waals surface area contributed by atoms with Gasteiger partial charge in [0, 0.05) is 18.5 Å². The highest BCUT2D eigenvalue weighted by Crippen LogP contribution is 2.27. The summed E-state index contributed by atoms with van der Waals surface area (Å²) in [6.45, 7) is 5.10. The van der Waals surface area contributed by atoms with Gasteiger partial charge in [0.1, 0.15) is 17.2 Å². The van der Waals surface area contributed by atoms with Gasteiger partial charge in [-0.3, -0.25) is 4.90 Å². The standard InChI is InChI=1S/C20H21FN2O/c21-18-4-1-3-15(12-18)16-5-6-20-17(11-16)13-19(24-20)14-23-9-2-7-22-8-10-23/h1,3-6,11-13,22H,2,7-10,14H2. The number of hydrogen-bond acceptors (Lipinski definition) is 3. The Morgan fingerprint density at radius 3 is 2.83 bits per heavy atom. The predicted octanol–water partition coefficient (Wildman–Crippen LogP) is 4.03. The molecule has 3 aromatic rings. The van der Waals surface area contributed by atoms with E-state index in [0.717, 1.165) is 60.6 Å². The Hall–Kier alpha value is -2.17. The lowest BCUT2D eigenvalue weighted by atomic mass is 10.0. The van der Waals surface area contributed by atoms with E-state index in [2.05, 4.69) is 22.3 Å². The van der Waals surface area contributed by atoms with Gasteiger partial charge in [0.2, 0.25) is 0 Å². The van der Waals surface area contributed by atoms with Crippen LogP contribution in [0.1, 0.15) is 12.2 Å². The van der Waals surface area contributed by atoms with Crippen LogP contribution < -0.4 is 5.32 Å². The second-order valence-corrected chi connectivity index (χ2v) is 6.36. The molecule has 0 atom stereocenters. The predicted molar refractivity (Wildman–Crippen MR) is 94.4 cm³/mol. The Morgan fingerprint density at radius 1 is 1.00 bits per heavy atom. The van der Waals surface area contributed by atoms with Crippen molar-refractivity contribution in [1.82, 2.24) is 10.2 Å². The molecule has 24 heavy (non-hydrogen) atoms. The van der Waals surface area contributed by atoms with Crippen molar-refractivity contribution in [2.75, 3.05) is 26.2 Å². The summed E-state index contributed by atoms with van der Waals surface area (Å²) < 4.78 is 19.4. The Bertz CT molecular complexity index is 835. The fourth-order valence-corrected chi connectivity index (χ4v) is 3.30. The van der Waals surface area contributed by atoms with Crippen molar-refractivity contribution in [3.8, 4) is 11.1 Å². The second-order valence-electron chi connectivity index (χ2n) is 6.36. The lowest BCUT2D eigenvalue weighted by Crippen LogP contribution is -2.27. The monoisotopic (exact) mass is 324 g/mol. The molecule has 4 heteroatoms. The third kappa shape index (κ3) is 3.35. The summed E-state index contributed by atoms with van der Waals surface area (Å²) in [5.41, 5.74) is 2.78. The first-order valence-corrected chi connectivity index (χ1v) is 8.49. The SMILES string of the molecule is Fc1cccc(-c2ccc3oc(CN4CCCNCC4)cc3c2)c1. The maximum atomic E-state index is 13.4. The van der Waals surface area contributed by atoms with E-state index in [4.69, 9.17) is 4.42 Å². The first kappa shape index (κ1) is 15.4. The molecular weight excluding hydrogens is 303 g/mol. The Balaban J connectivity index is 1.59. The van der Waals surface area contributed by atoms with Gasteiger partial charge in [-0.2, -0.15) is 0 Å². The molecule has 4 rings (SSSR count). The van der Waals surface area contributed by atoms with Gasteiger partial charge in [-0.15, -0.1) is 0 Å². The van der Waals surface area contributed by atoms with Crippen LogP contribution in [0.25, 0.3) is 22.1 Å². The Labute approximate surface area is 141 Å². The molecule has 0 saturated carbocycles. The molecule has 0 aliphatic carbocycles. The van der Waals surface area contributed by atoms with Gasteiger partial charge in [-0.05, 0) is 61.0 Å². The summed E-state index contributed by atoms with van der Waals surface area (Å²) in [7, 11) is 0. The van der Waals surface area contributed by atoms with Crippen molar-refractivity contribution < 1.29 is 8.81 Å². The summed E-state index contributed by atoms with van der Waals surface area (Å²) in [6, 6.07) is 14.8. The molecule has 1 aromatic heterocycles. The van der Waals surface area contributed by atoms with Gasteiger partial charge in [-0.25, -0.2) is 4.39 Å². The second kappa shape index (κ2) is 6.75. The van der Waals surface area contributed by atoms with Crippen LogP contribution >= 0.6 is 0 Å². The highest BCUT2D eigenvalue weighted by molar-refractivity contribution is 5.84. The molecule has 2 heterocycles. The van der Waals surface area contributed by atoms with E-state index < -0.39 is 0 Å². The lowest BCUT2D eigenvalue weighted by molar-refractivity contribution is 0.262. The molecule has 0 unspecified atom stereocenters. The fourth-order valence-electron chi connectivity index (χ4n) is 3.30. The van der Waals surface area contributed by atoms with Crippen LogP contribution in [-0.2, 0) is 6.54 Å². The minimum Gasteiger partial charge on any atom is -0.460 e. The maximum Gasteiger partial charge on any atom is 0.134 e. The van der Waals surface area contributed by atoms with E-state index in [1.807, 2.05) is 18.2 Å². The van der Waals surface area contributed by atoms with Crippen LogP contribution in [0.2, 0.25) is 0 Å². The zero-order valence-corrected chi connectivity index (χ0v) is 13.6. The normalized spacial score (nSPS) is 16.4. The van der Waals surface area contributed by atoms with Crippen LogP contribution in [0.4, 0.5) is 4.39 Å². The molecule has 1 N–H and O–H groups in total. The number of benzene rings is 2. The van der Waals surface area contributed by atoms with E-state index in [-0.39, 0.29) is 5.82 Å². The van der Waals surface area contributed by atoms with Crippen molar-refractivity contribution in [3.63, 3.8) is 0 Å². The number of nitrogens with zero attached hydrogens (tertiary/aromatic N) is 1. The first-order valence-electron chi connectivity index (χ1n) is 8.49. The third-order valence-corrected chi connectivity index (χ3v) is 4.54. The van der Waals surface area contributed by atoms with Gasteiger partial charge in [0.15, 0.2) is 0 Å². The van der Waals surface area contributed by atoms with Crippen molar-refractivity contribution in [1.29, 1.82) is 0 Å². The average Bonchev–Trinajstić information content (AvgIpc) is 2.80. The van der Waals surface area contributed by atoms with Crippen molar-refractivity contribution >= 4 is 11.0 Å². The minimum absolute atomic E-state index is 0.213. The van der Waals surface area contributed by atoms with Crippen LogP contribution in [0.3, 0.4) is 0 Å². The van der Waals surface area contributed by atoms with Crippen LogP contribution in [0.15, 0.2) is 52.9 Å². The molecule has 2 aromatic carbocycles. The van der Waals surface area contributed by atoms with E-state index >= 15 is 0 Å². The lowest BCUT2D eigenvalue weighted by Gasteiger charge is -2.17. The van der Waals surface area contributed by atoms with Gasteiger partial charge in [0.25, 0.3) is 0 Å². The summed E-state index contributed by atoms with van der Waals surface area (Å²) in [6.07, 6.45) is 1.17. The largest absolute Gasteiger partial charge is 0.460 e. The molecule has 1 saturated heterocycles. The Kier molecular flexibility index (Phi) is 4.32. The van der Waals surface area contributed by atoms with Crippen LogP contribution in [-0.4, -0.2) is 31.1 Å². The quantitative estimate of drug-likeness (QED) is 0.788. The number of fused-ring (bicyclic) bond motifs is 1. The number of rotatable bonds is 3. The zero-order chi connectivity index (χ0) is 16.4. The van der Waals surface area contributed by atoms with Gasteiger partial charge in [0.05, 0.1) is 6.54 Å². The smallest absolute Gasteiger partial charge is 0.134 e. The first-order chi connectivity index (χ1) is 11.8. The molecule has 1 aliphatic rings. The summed E-state index contributed by atoms with van der Waals surface area (Å²) in [4.78, 5) is 2.42. The van der Waals surface area contributed by atoms with E-state index in [0.29, 0.717) is 0 Å². The summed E-state index contributed by atoms with van der Waals surface area (Å²) in [5.74, 6) is 0.776. The van der Waals surface area contributed by atoms with Gasteiger partial charge >= 0.3 is 0 Å². The van der Waals surface area contributed by atoms with Crippen molar-refractivity contribution in [2.45, 2.75) is 13.0 Å². The molecule has 1 fully saturated rings. The molecule has 0 spiro atoms. The van der Waals surface area contributed by atoms with Crippen molar-refractivity contribution in [3.05, 3.63) is 60.1 Å². The Morgan fingerprint density at radius 2 is 1.92 bits per heavy atom. The molecule has 3 nitrogen and oxygen atoms in total. The minimum atomic E-state index is -0.213. The van der Waals surface area contributed by atoms with Crippen LogP contribution in [0.5, 0.6) is 0 Å². The average molecular weight is 324 g/mol. The highest BCUT2D eigenvalue weighted by Gasteiger charge is 2.12. The number of halogens is 1. The van der Waals surface area contributed by atoms with Crippen molar-refractivity contribution in [2.24, 2.45) is 0 Å². The molecule has 0 bridgehead atoms. The number of furan rings is 1. The van der Waals surface area contributed by atoms with Gasteiger partial charge < -0.3 is 9.73 Å². The maximum absolute atomic E-state index is 13.4. The fraction of sp³-hybridized carbons (Fsp3) is 0.300. The molecule has 124 valence electrons. The molecule has 0 radical (unpaired) electrons. The molecule has 0 amide bonds. The summed E-state index contributed by atoms with van der Waals surface area (Å²) in [5, 5.41) is 4.49. The molecule has 1 aliphatic heterocycles. The highest BCUT2D eigenvalue weighted by atomic mass is 19.1. The summed E-state index contributed by atoms with van der Waals surface area (Å²) >= 11 is 0. The zero-order valence-electron chi connectivity index (χ0n) is 13.6. The third-order valence-electron chi connectivity index (χ3n) is 4.54. The van der Waals surface area contributed by atoms with E-state index in [1.165, 1.54) is 12.5 Å². The number of hydrogen-bond donors (Lipinski definition) is 1. The molecular formula is C20H21FN2O. The van der Waals surface area contributed by atoms with Gasteiger partial charge in [-0.1, -0.05) is 18.2 Å². The van der Waals surface area contributed by atoms with E-state index in [9.17, 15) is 4.39 Å².